The molecule has 0 saturated heterocycles. The molecule has 5 heteroatoms. The Morgan fingerprint density at radius 2 is 2.19 bits per heavy atom. The molecule has 0 bridgehead atoms. The predicted molar refractivity (Wildman–Crippen MR) is 130 cm³/mol. The summed E-state index contributed by atoms with van der Waals surface area (Å²) in [5.74, 6) is 6.79. The molecule has 3 unspecified atom stereocenters. The average Bonchev–Trinajstić information content (AvgIpc) is 3.31. The van der Waals surface area contributed by atoms with E-state index in [2.05, 4.69) is 65.7 Å². The summed E-state index contributed by atoms with van der Waals surface area (Å²) >= 11 is 0. The minimum atomic E-state index is 0.418. The molecule has 1 aromatic rings. The molecule has 0 radical (unpaired) electrons. The van der Waals surface area contributed by atoms with Gasteiger partial charge in [0.25, 0.3) is 0 Å². The third kappa shape index (κ3) is 5.22. The highest BCUT2D eigenvalue weighted by atomic mass is 15.4. The van der Waals surface area contributed by atoms with E-state index in [1.807, 2.05) is 13.1 Å². The van der Waals surface area contributed by atoms with Crippen molar-refractivity contribution < 1.29 is 0 Å². The normalized spacial score (nSPS) is 27.7. The van der Waals surface area contributed by atoms with E-state index in [-0.39, 0.29) is 0 Å². The summed E-state index contributed by atoms with van der Waals surface area (Å²) < 4.78 is 2.43. The molecule has 31 heavy (non-hydrogen) atoms. The summed E-state index contributed by atoms with van der Waals surface area (Å²) in [5, 5.41) is 5.70. The molecular formula is C26H39N5. The molecular weight excluding hydrogens is 382 g/mol. The predicted octanol–water partition coefficient (Wildman–Crippen LogP) is 3.93. The maximum atomic E-state index is 6.00. The van der Waals surface area contributed by atoms with Crippen molar-refractivity contribution in [3.8, 4) is 0 Å². The van der Waals surface area contributed by atoms with Crippen LogP contribution in [-0.2, 0) is 6.42 Å². The van der Waals surface area contributed by atoms with Crippen molar-refractivity contribution in [3.63, 3.8) is 0 Å². The van der Waals surface area contributed by atoms with Gasteiger partial charge >= 0.3 is 0 Å². The van der Waals surface area contributed by atoms with Crippen LogP contribution in [-0.4, -0.2) is 53.2 Å². The Morgan fingerprint density at radius 3 is 2.97 bits per heavy atom. The van der Waals surface area contributed by atoms with Crippen molar-refractivity contribution in [3.05, 3.63) is 65.7 Å². The second kappa shape index (κ2) is 9.60. The van der Waals surface area contributed by atoms with Gasteiger partial charge < -0.3 is 14.9 Å². The van der Waals surface area contributed by atoms with Gasteiger partial charge in [-0.3, -0.25) is 4.90 Å². The first kappa shape index (κ1) is 22.1. The van der Waals surface area contributed by atoms with Crippen LogP contribution in [0.25, 0.3) is 5.70 Å². The van der Waals surface area contributed by atoms with Crippen molar-refractivity contribution in [1.29, 1.82) is 0 Å². The number of hydrazine groups is 1. The number of allylic oxidation sites excluding steroid dienone is 3. The Hall–Kier alpha value is -2.08. The van der Waals surface area contributed by atoms with Gasteiger partial charge in [0.1, 0.15) is 0 Å². The number of nitrogens with two attached hydrogens (primary N) is 1. The Labute approximate surface area is 187 Å². The second-order valence-corrected chi connectivity index (χ2v) is 9.59. The van der Waals surface area contributed by atoms with Crippen LogP contribution in [0.5, 0.6) is 0 Å². The van der Waals surface area contributed by atoms with Gasteiger partial charge in [-0.15, -0.1) is 0 Å². The lowest BCUT2D eigenvalue weighted by Gasteiger charge is -2.27. The standard InChI is InChI=1S/C26H39N5/c1-5-21(20(3)29(4)27)18-30-13-6-8-23-9-7-14-31(23)26-11-10-19(2)16-25(26)28-24-17-22(24)12-15-30/h5,7,9-11,14,22,24-25,28H,1,6,8,12-13,15-18,27H2,2-4H3. The first-order chi connectivity index (χ1) is 15.0. The van der Waals surface area contributed by atoms with Gasteiger partial charge in [-0.2, -0.15) is 0 Å². The number of rotatable bonds is 4. The molecule has 0 amide bonds. The molecule has 1 aliphatic heterocycles. The third-order valence-electron chi connectivity index (χ3n) is 7.23. The fourth-order valence-corrected chi connectivity index (χ4v) is 5.03. The van der Waals surface area contributed by atoms with Crippen LogP contribution >= 0.6 is 0 Å². The van der Waals surface area contributed by atoms with Crippen LogP contribution in [0.1, 0.15) is 45.2 Å². The molecule has 3 atom stereocenters. The molecule has 2 heterocycles. The summed E-state index contributed by atoms with van der Waals surface area (Å²) in [6.07, 6.45) is 14.7. The maximum Gasteiger partial charge on any atom is 0.0518 e. The largest absolute Gasteiger partial charge is 0.323 e. The molecule has 0 aromatic carbocycles. The monoisotopic (exact) mass is 421 g/mol. The average molecular weight is 422 g/mol. The quantitative estimate of drug-likeness (QED) is 0.439. The van der Waals surface area contributed by atoms with E-state index in [1.54, 1.807) is 5.01 Å². The molecule has 5 nitrogen and oxygen atoms in total. The first-order valence-corrected chi connectivity index (χ1v) is 11.8. The number of nitrogens with one attached hydrogen (secondary N) is 1. The highest BCUT2D eigenvalue weighted by molar-refractivity contribution is 5.58. The molecule has 2 aliphatic carbocycles. The highest BCUT2D eigenvalue weighted by Crippen LogP contribution is 2.37. The van der Waals surface area contributed by atoms with Crippen LogP contribution < -0.4 is 11.2 Å². The van der Waals surface area contributed by atoms with Crippen molar-refractivity contribution in [2.75, 3.05) is 26.7 Å². The molecule has 168 valence electrons. The van der Waals surface area contributed by atoms with Crippen LogP contribution in [0.15, 0.2) is 60.0 Å². The number of hydrogen-bond acceptors (Lipinski definition) is 4. The van der Waals surface area contributed by atoms with Crippen molar-refractivity contribution in [2.24, 2.45) is 11.8 Å². The third-order valence-corrected chi connectivity index (χ3v) is 7.23. The lowest BCUT2D eigenvalue weighted by atomic mass is 9.98. The van der Waals surface area contributed by atoms with E-state index in [4.69, 9.17) is 5.84 Å². The first-order valence-electron chi connectivity index (χ1n) is 11.8. The summed E-state index contributed by atoms with van der Waals surface area (Å²) in [4.78, 5) is 2.60. The van der Waals surface area contributed by atoms with E-state index in [1.165, 1.54) is 35.4 Å². The van der Waals surface area contributed by atoms with Crippen LogP contribution in [0.2, 0.25) is 0 Å². The van der Waals surface area contributed by atoms with Gasteiger partial charge in [-0.05, 0) is 88.7 Å². The van der Waals surface area contributed by atoms with Crippen LogP contribution in [0.3, 0.4) is 0 Å². The fraction of sp³-hybridized carbons (Fsp3) is 0.538. The van der Waals surface area contributed by atoms with Gasteiger partial charge in [0.2, 0.25) is 0 Å². The summed E-state index contributed by atoms with van der Waals surface area (Å²) in [5.41, 5.74) is 6.60. The minimum absolute atomic E-state index is 0.418. The van der Waals surface area contributed by atoms with Crippen LogP contribution in [0, 0.1) is 5.92 Å². The zero-order chi connectivity index (χ0) is 22.0. The van der Waals surface area contributed by atoms with Gasteiger partial charge in [0.15, 0.2) is 0 Å². The molecule has 4 rings (SSSR count). The molecule has 3 aliphatic rings. The smallest absolute Gasteiger partial charge is 0.0518 e. The summed E-state index contributed by atoms with van der Waals surface area (Å²) in [6.45, 7) is 11.5. The van der Waals surface area contributed by atoms with Gasteiger partial charge in [0, 0.05) is 42.9 Å². The Morgan fingerprint density at radius 1 is 1.35 bits per heavy atom. The number of nitrogens with zero attached hydrogens (tertiary/aromatic N) is 3. The number of fused-ring (bicyclic) bond motifs is 4. The summed E-state index contributed by atoms with van der Waals surface area (Å²) in [6, 6.07) is 5.55. The second-order valence-electron chi connectivity index (χ2n) is 9.59. The lowest BCUT2D eigenvalue weighted by molar-refractivity contribution is 0.279. The Balaban J connectivity index is 1.54. The van der Waals surface area contributed by atoms with E-state index in [0.717, 1.165) is 50.5 Å². The van der Waals surface area contributed by atoms with Crippen LogP contribution in [0.4, 0.5) is 0 Å². The Kier molecular flexibility index (Phi) is 6.85. The number of hydrogen-bond donors (Lipinski definition) is 2. The van der Waals surface area contributed by atoms with Gasteiger partial charge in [0.05, 0.1) is 6.04 Å². The van der Waals surface area contributed by atoms with Crippen molar-refractivity contribution in [2.45, 2.75) is 58.0 Å². The molecule has 0 spiro atoms. The molecule has 1 aromatic heterocycles. The van der Waals surface area contributed by atoms with E-state index >= 15 is 0 Å². The van der Waals surface area contributed by atoms with E-state index in [9.17, 15) is 0 Å². The van der Waals surface area contributed by atoms with Crippen molar-refractivity contribution >= 4 is 5.70 Å². The number of aryl methyl sites for hydroxylation is 1. The molecule has 1 saturated carbocycles. The van der Waals surface area contributed by atoms with Gasteiger partial charge in [-0.25, -0.2) is 5.84 Å². The Bertz CT molecular complexity index is 887. The minimum Gasteiger partial charge on any atom is -0.323 e. The van der Waals surface area contributed by atoms with Crippen molar-refractivity contribution in [1.82, 2.24) is 19.8 Å². The van der Waals surface area contributed by atoms with Gasteiger partial charge in [-0.1, -0.05) is 24.3 Å². The topological polar surface area (TPSA) is 49.5 Å². The highest BCUT2D eigenvalue weighted by Gasteiger charge is 2.39. The molecule has 3 N–H and O–H groups in total. The maximum absolute atomic E-state index is 6.00. The zero-order valence-corrected chi connectivity index (χ0v) is 19.5. The molecule has 1 fully saturated rings. The van der Waals surface area contributed by atoms with E-state index < -0.39 is 0 Å². The lowest BCUT2D eigenvalue weighted by Crippen LogP contribution is -2.36. The number of aromatic nitrogens is 1. The fourth-order valence-electron chi connectivity index (χ4n) is 5.03. The zero-order valence-electron chi connectivity index (χ0n) is 19.5. The SMILES string of the molecule is C=CC(CN1CCCc2cccn2C2=CC=C(C)CC2NC2CC2CC1)=C(C)N(C)N. The van der Waals surface area contributed by atoms with E-state index in [0.29, 0.717) is 12.1 Å². The summed E-state index contributed by atoms with van der Waals surface area (Å²) in [7, 11) is 1.90.